The Morgan fingerprint density at radius 2 is 1.90 bits per heavy atom. The Balaban J connectivity index is 1.52. The SMILES string of the molecule is COC(=O)C(C)Oc1c(Cl)cc(C=NN2C(=O)C3C4C=CC(C4)C3C2=O)cc1Br. The van der Waals surface area contributed by atoms with Crippen LogP contribution in [-0.2, 0) is 19.1 Å². The number of carbonyl (C=O) groups is 3. The van der Waals surface area contributed by atoms with Crippen LogP contribution in [0.3, 0.4) is 0 Å². The lowest BCUT2D eigenvalue weighted by Gasteiger charge is -2.15. The number of benzene rings is 1. The molecule has 4 rings (SSSR count). The molecule has 1 aromatic carbocycles. The highest BCUT2D eigenvalue weighted by molar-refractivity contribution is 9.10. The molecule has 9 heteroatoms. The van der Waals surface area contributed by atoms with Crippen molar-refractivity contribution in [3.63, 3.8) is 0 Å². The number of nitrogens with zero attached hydrogens (tertiary/aromatic N) is 2. The average Bonchev–Trinajstić information content (AvgIpc) is 3.36. The molecule has 1 saturated heterocycles. The highest BCUT2D eigenvalue weighted by atomic mass is 79.9. The average molecular weight is 482 g/mol. The molecule has 0 radical (unpaired) electrons. The van der Waals surface area contributed by atoms with Crippen LogP contribution in [0, 0.1) is 23.7 Å². The Hall–Kier alpha value is -2.19. The van der Waals surface area contributed by atoms with Gasteiger partial charge in [-0.05, 0) is 58.8 Å². The molecule has 0 spiro atoms. The fourth-order valence-electron chi connectivity index (χ4n) is 4.28. The van der Waals surface area contributed by atoms with Crippen molar-refractivity contribution in [1.29, 1.82) is 0 Å². The first-order chi connectivity index (χ1) is 13.8. The summed E-state index contributed by atoms with van der Waals surface area (Å²) in [5.74, 6) is -1.04. The quantitative estimate of drug-likeness (QED) is 0.279. The molecule has 1 aromatic rings. The number of imide groups is 1. The third-order valence-corrected chi connectivity index (χ3v) is 6.49. The van der Waals surface area contributed by atoms with Gasteiger partial charge in [0, 0.05) is 0 Å². The van der Waals surface area contributed by atoms with Crippen molar-refractivity contribution in [2.45, 2.75) is 19.4 Å². The standard InChI is InChI=1S/C20H18BrClN2O5/c1-9(20(27)28-2)29-17-13(21)5-10(6-14(17)22)8-23-24-18(25)15-11-3-4-12(7-11)16(15)19(24)26/h3-6,8-9,11-12,15-16H,7H2,1-2H3. The number of hydrogen-bond acceptors (Lipinski definition) is 6. The van der Waals surface area contributed by atoms with Crippen LogP contribution in [-0.4, -0.2) is 42.2 Å². The molecule has 29 heavy (non-hydrogen) atoms. The Morgan fingerprint density at radius 1 is 1.28 bits per heavy atom. The second-order valence-corrected chi connectivity index (χ2v) is 8.59. The lowest BCUT2D eigenvalue weighted by atomic mass is 9.85. The highest BCUT2D eigenvalue weighted by Gasteiger charge is 2.59. The van der Waals surface area contributed by atoms with Crippen LogP contribution in [0.4, 0.5) is 0 Å². The summed E-state index contributed by atoms with van der Waals surface area (Å²) in [5.41, 5.74) is 0.568. The van der Waals surface area contributed by atoms with Crippen LogP contribution in [0.25, 0.3) is 0 Å². The van der Waals surface area contributed by atoms with Crippen LogP contribution < -0.4 is 4.74 Å². The van der Waals surface area contributed by atoms with E-state index in [1.165, 1.54) is 13.3 Å². The first-order valence-corrected chi connectivity index (χ1v) is 10.3. The summed E-state index contributed by atoms with van der Waals surface area (Å²) in [4.78, 5) is 36.9. The second kappa shape index (κ2) is 7.57. The molecule has 2 amide bonds. The zero-order chi connectivity index (χ0) is 20.9. The van der Waals surface area contributed by atoms with Gasteiger partial charge < -0.3 is 9.47 Å². The maximum absolute atomic E-state index is 12.7. The van der Waals surface area contributed by atoms with Gasteiger partial charge in [-0.3, -0.25) is 9.59 Å². The van der Waals surface area contributed by atoms with Crippen molar-refractivity contribution in [2.24, 2.45) is 28.8 Å². The van der Waals surface area contributed by atoms with Gasteiger partial charge in [0.1, 0.15) is 0 Å². The van der Waals surface area contributed by atoms with Gasteiger partial charge in [-0.2, -0.15) is 10.1 Å². The summed E-state index contributed by atoms with van der Waals surface area (Å²) in [6, 6.07) is 3.25. The first kappa shape index (κ1) is 20.1. The number of rotatable bonds is 5. The van der Waals surface area contributed by atoms with Crippen molar-refractivity contribution in [3.05, 3.63) is 39.3 Å². The molecule has 0 N–H and O–H groups in total. The molecule has 2 fully saturated rings. The molecule has 1 saturated carbocycles. The van der Waals surface area contributed by atoms with E-state index in [0.29, 0.717) is 10.0 Å². The summed E-state index contributed by atoms with van der Waals surface area (Å²) in [6.45, 7) is 1.55. The summed E-state index contributed by atoms with van der Waals surface area (Å²) in [7, 11) is 1.27. The highest BCUT2D eigenvalue weighted by Crippen LogP contribution is 2.52. The summed E-state index contributed by atoms with van der Waals surface area (Å²) < 4.78 is 10.7. The molecule has 2 bridgehead atoms. The molecule has 0 aromatic heterocycles. The molecule has 3 aliphatic rings. The van der Waals surface area contributed by atoms with Gasteiger partial charge in [0.2, 0.25) is 0 Å². The van der Waals surface area contributed by atoms with E-state index < -0.39 is 12.1 Å². The molecule has 152 valence electrons. The maximum Gasteiger partial charge on any atom is 0.346 e. The molecule has 5 atom stereocenters. The largest absolute Gasteiger partial charge is 0.476 e. The summed E-state index contributed by atoms with van der Waals surface area (Å²) in [6.07, 6.45) is 5.52. The zero-order valence-electron chi connectivity index (χ0n) is 15.7. The smallest absolute Gasteiger partial charge is 0.346 e. The van der Waals surface area contributed by atoms with Crippen molar-refractivity contribution in [3.8, 4) is 5.75 Å². The van der Waals surface area contributed by atoms with E-state index in [0.717, 1.165) is 11.4 Å². The predicted molar refractivity (Wildman–Crippen MR) is 108 cm³/mol. The van der Waals surface area contributed by atoms with Gasteiger partial charge in [0.15, 0.2) is 11.9 Å². The Labute approximate surface area is 180 Å². The lowest BCUT2D eigenvalue weighted by Crippen LogP contribution is -2.28. The van der Waals surface area contributed by atoms with E-state index in [1.54, 1.807) is 19.1 Å². The molecule has 7 nitrogen and oxygen atoms in total. The fraction of sp³-hybridized carbons (Fsp3) is 0.400. The number of esters is 1. The third kappa shape index (κ3) is 3.38. The number of hydrogen-bond donors (Lipinski definition) is 0. The van der Waals surface area contributed by atoms with Crippen molar-refractivity contribution < 1.29 is 23.9 Å². The molecule has 2 aliphatic carbocycles. The minimum absolute atomic E-state index is 0.137. The third-order valence-electron chi connectivity index (χ3n) is 5.62. The van der Waals surface area contributed by atoms with E-state index in [9.17, 15) is 14.4 Å². The number of amides is 2. The molecule has 1 heterocycles. The van der Waals surface area contributed by atoms with E-state index >= 15 is 0 Å². The Kier molecular flexibility index (Phi) is 5.25. The van der Waals surface area contributed by atoms with Crippen molar-refractivity contribution in [2.75, 3.05) is 7.11 Å². The molecular formula is C20H18BrClN2O5. The van der Waals surface area contributed by atoms with Gasteiger partial charge in [0.25, 0.3) is 11.8 Å². The van der Waals surface area contributed by atoms with Gasteiger partial charge in [0.05, 0.1) is 34.7 Å². The van der Waals surface area contributed by atoms with Crippen LogP contribution in [0.2, 0.25) is 5.02 Å². The zero-order valence-corrected chi connectivity index (χ0v) is 18.0. The van der Waals surface area contributed by atoms with E-state index in [-0.39, 0.29) is 46.3 Å². The number of ether oxygens (including phenoxy) is 2. The van der Waals surface area contributed by atoms with Gasteiger partial charge in [-0.1, -0.05) is 23.8 Å². The second-order valence-electron chi connectivity index (χ2n) is 7.33. The number of allylic oxidation sites excluding steroid dienone is 2. The van der Waals surface area contributed by atoms with E-state index in [1.807, 2.05) is 12.2 Å². The number of carbonyl (C=O) groups excluding carboxylic acids is 3. The Morgan fingerprint density at radius 3 is 2.45 bits per heavy atom. The van der Waals surface area contributed by atoms with Crippen molar-refractivity contribution in [1.82, 2.24) is 5.01 Å². The minimum Gasteiger partial charge on any atom is -0.476 e. The minimum atomic E-state index is -0.837. The Bertz CT molecular complexity index is 909. The normalized spacial score (nSPS) is 28.3. The lowest BCUT2D eigenvalue weighted by molar-refractivity contribution is -0.148. The fourth-order valence-corrected chi connectivity index (χ4v) is 5.24. The van der Waals surface area contributed by atoms with Crippen molar-refractivity contribution >= 4 is 51.5 Å². The van der Waals surface area contributed by atoms with Crippen LogP contribution in [0.5, 0.6) is 5.75 Å². The molecular weight excluding hydrogens is 464 g/mol. The number of fused-ring (bicyclic) bond motifs is 5. The predicted octanol–water partition coefficient (Wildman–Crippen LogP) is 3.18. The molecule has 1 aliphatic heterocycles. The number of halogens is 2. The van der Waals surface area contributed by atoms with Crippen LogP contribution in [0.1, 0.15) is 18.9 Å². The van der Waals surface area contributed by atoms with Crippen LogP contribution in [0.15, 0.2) is 33.9 Å². The van der Waals surface area contributed by atoms with Gasteiger partial charge in [-0.15, -0.1) is 0 Å². The molecule has 5 unspecified atom stereocenters. The van der Waals surface area contributed by atoms with E-state index in [4.69, 9.17) is 16.3 Å². The number of hydrazone groups is 1. The summed E-state index contributed by atoms with van der Waals surface area (Å²) in [5, 5.41) is 5.36. The first-order valence-electron chi connectivity index (χ1n) is 9.15. The van der Waals surface area contributed by atoms with E-state index in [2.05, 4.69) is 25.8 Å². The van der Waals surface area contributed by atoms with Crippen LogP contribution >= 0.6 is 27.5 Å². The van der Waals surface area contributed by atoms with Gasteiger partial charge >= 0.3 is 5.97 Å². The maximum atomic E-state index is 12.7. The summed E-state index contributed by atoms with van der Waals surface area (Å²) >= 11 is 9.64. The van der Waals surface area contributed by atoms with Gasteiger partial charge in [-0.25, -0.2) is 4.79 Å². The number of methoxy groups -OCH3 is 1. The monoisotopic (exact) mass is 480 g/mol. The topological polar surface area (TPSA) is 85.3 Å².